The van der Waals surface area contributed by atoms with Crippen molar-refractivity contribution >= 4 is 16.7 Å². The number of carbonyl (C=O) groups is 1. The van der Waals surface area contributed by atoms with Gasteiger partial charge in [-0.3, -0.25) is 4.79 Å². The van der Waals surface area contributed by atoms with Gasteiger partial charge in [0.1, 0.15) is 0 Å². The highest BCUT2D eigenvalue weighted by Gasteiger charge is 2.12. The van der Waals surface area contributed by atoms with E-state index >= 15 is 0 Å². The molecule has 1 heterocycles. The van der Waals surface area contributed by atoms with Crippen molar-refractivity contribution < 1.29 is 4.79 Å². The van der Waals surface area contributed by atoms with Crippen LogP contribution in [-0.4, -0.2) is 23.9 Å². The third-order valence-electron chi connectivity index (χ3n) is 4.40. The van der Waals surface area contributed by atoms with Crippen LogP contribution >= 0.6 is 0 Å². The van der Waals surface area contributed by atoms with E-state index in [1.54, 1.807) is 6.92 Å². The van der Waals surface area contributed by atoms with Crippen molar-refractivity contribution in [2.24, 2.45) is 0 Å². The van der Waals surface area contributed by atoms with Gasteiger partial charge in [-0.1, -0.05) is 97.8 Å². The van der Waals surface area contributed by atoms with E-state index in [-0.39, 0.29) is 5.91 Å². The highest BCUT2D eigenvalue weighted by Crippen LogP contribution is 2.14. The number of likely N-dealkylation sites (tertiary alicyclic amines) is 1. The van der Waals surface area contributed by atoms with Gasteiger partial charge in [-0.15, -0.1) is 0 Å². The summed E-state index contributed by atoms with van der Waals surface area (Å²) in [7, 11) is 0. The maximum Gasteiger partial charge on any atom is 0.219 e. The Morgan fingerprint density at radius 2 is 1.25 bits per heavy atom. The smallest absolute Gasteiger partial charge is 0.219 e. The number of carbonyl (C=O) groups excluding carboxylic acids is 1. The molecule has 0 bridgehead atoms. The summed E-state index contributed by atoms with van der Waals surface area (Å²) < 4.78 is 0. The average Bonchev–Trinajstić information content (AvgIpc) is 3.26. The third-order valence-corrected chi connectivity index (χ3v) is 4.40. The van der Waals surface area contributed by atoms with Crippen LogP contribution in [0.1, 0.15) is 44.7 Å². The Hall–Kier alpha value is -2.61. The second-order valence-corrected chi connectivity index (χ2v) is 6.72. The summed E-state index contributed by atoms with van der Waals surface area (Å²) in [6.07, 6.45) is 2.39. The number of amides is 1. The third kappa shape index (κ3) is 8.85. The van der Waals surface area contributed by atoms with E-state index in [0.717, 1.165) is 13.1 Å². The molecule has 2 heteroatoms. The van der Waals surface area contributed by atoms with Gasteiger partial charge in [0.25, 0.3) is 0 Å². The van der Waals surface area contributed by atoms with E-state index in [4.69, 9.17) is 0 Å². The fraction of sp³-hybridized carbons (Fsp3) is 0.346. The van der Waals surface area contributed by atoms with Crippen LogP contribution in [0.5, 0.6) is 0 Å². The zero-order valence-electron chi connectivity index (χ0n) is 18.1. The quantitative estimate of drug-likeness (QED) is 0.422. The second kappa shape index (κ2) is 13.5. The predicted octanol–water partition coefficient (Wildman–Crippen LogP) is 6.80. The van der Waals surface area contributed by atoms with Crippen molar-refractivity contribution in [1.29, 1.82) is 0 Å². The molecule has 1 aliphatic rings. The van der Waals surface area contributed by atoms with Crippen LogP contribution in [0.25, 0.3) is 10.8 Å². The SMILES string of the molecule is CC.CC(=O)N1CCCC1.Cc1ccc2ccccc2c1.Cc1ccccc1. The lowest BCUT2D eigenvalue weighted by Crippen LogP contribution is -2.24. The summed E-state index contributed by atoms with van der Waals surface area (Å²) >= 11 is 0. The van der Waals surface area contributed by atoms with E-state index in [0.29, 0.717) is 0 Å². The molecule has 0 saturated carbocycles. The molecule has 0 unspecified atom stereocenters. The van der Waals surface area contributed by atoms with Gasteiger partial charge in [-0.2, -0.15) is 0 Å². The minimum Gasteiger partial charge on any atom is -0.343 e. The van der Waals surface area contributed by atoms with Crippen molar-refractivity contribution in [3.8, 4) is 0 Å². The van der Waals surface area contributed by atoms with Crippen LogP contribution < -0.4 is 0 Å². The van der Waals surface area contributed by atoms with Gasteiger partial charge in [0.2, 0.25) is 5.91 Å². The monoisotopic (exact) mass is 377 g/mol. The number of aryl methyl sites for hydroxylation is 2. The molecule has 2 nitrogen and oxygen atoms in total. The Morgan fingerprint density at radius 3 is 1.71 bits per heavy atom. The summed E-state index contributed by atoms with van der Waals surface area (Å²) in [5, 5.41) is 2.64. The minimum absolute atomic E-state index is 0.225. The fourth-order valence-electron chi connectivity index (χ4n) is 2.88. The topological polar surface area (TPSA) is 20.3 Å². The molecule has 28 heavy (non-hydrogen) atoms. The molecule has 0 spiro atoms. The van der Waals surface area contributed by atoms with Crippen molar-refractivity contribution in [2.45, 2.75) is 47.5 Å². The average molecular weight is 378 g/mol. The number of hydrogen-bond acceptors (Lipinski definition) is 1. The molecule has 0 aliphatic carbocycles. The molecule has 1 amide bonds. The first-order valence-corrected chi connectivity index (χ1v) is 10.3. The van der Waals surface area contributed by atoms with Gasteiger partial charge in [0.15, 0.2) is 0 Å². The molecule has 0 aromatic heterocycles. The number of benzene rings is 3. The summed E-state index contributed by atoms with van der Waals surface area (Å²) in [5.74, 6) is 0.225. The Balaban J connectivity index is 0.000000207. The van der Waals surface area contributed by atoms with E-state index < -0.39 is 0 Å². The Labute approximate surface area is 171 Å². The summed E-state index contributed by atoms with van der Waals surface area (Å²) in [5.41, 5.74) is 2.64. The van der Waals surface area contributed by atoms with Crippen molar-refractivity contribution in [1.82, 2.24) is 4.90 Å². The molecule has 1 aliphatic heterocycles. The number of nitrogens with zero attached hydrogens (tertiary/aromatic N) is 1. The lowest BCUT2D eigenvalue weighted by Gasteiger charge is -2.10. The van der Waals surface area contributed by atoms with Crippen molar-refractivity contribution in [2.75, 3.05) is 13.1 Å². The maximum absolute atomic E-state index is 10.6. The molecule has 150 valence electrons. The van der Waals surface area contributed by atoms with Crippen LogP contribution in [0.3, 0.4) is 0 Å². The molecule has 3 aromatic carbocycles. The molecule has 0 atom stereocenters. The van der Waals surface area contributed by atoms with E-state index in [1.165, 1.54) is 34.7 Å². The second-order valence-electron chi connectivity index (χ2n) is 6.72. The van der Waals surface area contributed by atoms with Gasteiger partial charge in [0, 0.05) is 20.0 Å². The molecule has 0 N–H and O–H groups in total. The van der Waals surface area contributed by atoms with E-state index in [9.17, 15) is 4.79 Å². The van der Waals surface area contributed by atoms with Crippen molar-refractivity contribution in [3.05, 3.63) is 83.9 Å². The lowest BCUT2D eigenvalue weighted by molar-refractivity contribution is -0.127. The fourth-order valence-corrected chi connectivity index (χ4v) is 2.88. The zero-order valence-corrected chi connectivity index (χ0v) is 18.1. The van der Waals surface area contributed by atoms with Gasteiger partial charge in [0.05, 0.1) is 0 Å². The first-order chi connectivity index (χ1) is 13.6. The van der Waals surface area contributed by atoms with Gasteiger partial charge < -0.3 is 4.90 Å². The summed E-state index contributed by atoms with van der Waals surface area (Å²) in [4.78, 5) is 12.5. The standard InChI is InChI=1S/C11H10.C7H8.C6H11NO.C2H6/c1-9-6-7-10-4-2-3-5-11(10)8-9;1-7-5-3-2-4-6-7;1-6(8)7-4-2-3-5-7;1-2/h2-8H,1H3;2-6H,1H3;2-5H2,1H3;1-2H3. The van der Waals surface area contributed by atoms with Crippen LogP contribution in [-0.2, 0) is 4.79 Å². The predicted molar refractivity (Wildman–Crippen MR) is 123 cm³/mol. The molecule has 1 saturated heterocycles. The lowest BCUT2D eigenvalue weighted by atomic mass is 10.1. The normalized spacial score (nSPS) is 12.0. The molecule has 1 fully saturated rings. The highest BCUT2D eigenvalue weighted by atomic mass is 16.2. The minimum atomic E-state index is 0.225. The maximum atomic E-state index is 10.6. The summed E-state index contributed by atoms with van der Waals surface area (Å²) in [6, 6.07) is 25.2. The van der Waals surface area contributed by atoms with Crippen molar-refractivity contribution in [3.63, 3.8) is 0 Å². The highest BCUT2D eigenvalue weighted by molar-refractivity contribution is 5.82. The van der Waals surface area contributed by atoms with Crippen LogP contribution in [0, 0.1) is 13.8 Å². The largest absolute Gasteiger partial charge is 0.343 e. The Morgan fingerprint density at radius 1 is 0.714 bits per heavy atom. The molecule has 0 radical (unpaired) electrons. The van der Waals surface area contributed by atoms with Crippen LogP contribution in [0.4, 0.5) is 0 Å². The molecule has 4 rings (SSSR count). The first-order valence-electron chi connectivity index (χ1n) is 10.3. The molecular weight excluding hydrogens is 342 g/mol. The van der Waals surface area contributed by atoms with Gasteiger partial charge in [-0.05, 0) is 37.5 Å². The zero-order chi connectivity index (χ0) is 20.8. The van der Waals surface area contributed by atoms with E-state index in [2.05, 4.69) is 68.4 Å². The number of rotatable bonds is 0. The first kappa shape index (κ1) is 23.4. The Bertz CT molecular complexity index is 805. The number of fused-ring (bicyclic) bond motifs is 1. The summed E-state index contributed by atoms with van der Waals surface area (Å²) in [6.45, 7) is 11.8. The Kier molecular flexibility index (Phi) is 11.3. The number of hydrogen-bond donors (Lipinski definition) is 0. The van der Waals surface area contributed by atoms with Gasteiger partial charge in [-0.25, -0.2) is 0 Å². The van der Waals surface area contributed by atoms with E-state index in [1.807, 2.05) is 36.9 Å². The van der Waals surface area contributed by atoms with Crippen LogP contribution in [0.15, 0.2) is 72.8 Å². The molecule has 3 aromatic rings. The molecular formula is C26H35NO. The van der Waals surface area contributed by atoms with Crippen LogP contribution in [0.2, 0.25) is 0 Å². The van der Waals surface area contributed by atoms with Gasteiger partial charge >= 0.3 is 0 Å².